The van der Waals surface area contributed by atoms with Gasteiger partial charge in [0.2, 0.25) is 0 Å². The fourth-order valence-electron chi connectivity index (χ4n) is 2.43. The van der Waals surface area contributed by atoms with Crippen molar-refractivity contribution < 1.29 is 23.5 Å². The fourth-order valence-corrected chi connectivity index (χ4v) is 2.61. The number of nitrogens with zero attached hydrogens (tertiary/aromatic N) is 1. The first kappa shape index (κ1) is 23.9. The Morgan fingerprint density at radius 1 is 1.19 bits per heavy atom. The summed E-state index contributed by atoms with van der Waals surface area (Å²) in [6.07, 6.45) is 5.89. The lowest BCUT2D eigenvalue weighted by Crippen LogP contribution is -2.21. The molecule has 1 aromatic heterocycles. The molecule has 0 saturated heterocycles. The number of aromatic nitrogens is 1. The van der Waals surface area contributed by atoms with E-state index >= 15 is 0 Å². The van der Waals surface area contributed by atoms with Crippen molar-refractivity contribution in [3.05, 3.63) is 83.3 Å². The molecule has 2 rings (SSSR count). The van der Waals surface area contributed by atoms with E-state index in [4.69, 9.17) is 21.1 Å². The number of hydrogen-bond donors (Lipinski definition) is 2. The zero-order valence-corrected chi connectivity index (χ0v) is 17.9. The van der Waals surface area contributed by atoms with E-state index in [1.807, 2.05) is 0 Å². The number of halogens is 2. The molecule has 2 aromatic rings. The van der Waals surface area contributed by atoms with Gasteiger partial charge in [-0.05, 0) is 56.5 Å². The molecule has 1 unspecified atom stereocenters. The standard InChI is InChI=1S/C22H23ClFN3O4/c1-3-30-21(28)16(19-7-5-6-11-25-19)10-12-26-20(22(29)31-4-2)14-27-15-8-9-18(24)17(23)13-15/h5-14,16,26-27H,3-4H2,1-2H3/b12-10+,20-14+. The molecule has 1 heterocycles. The number of benzene rings is 1. The van der Waals surface area contributed by atoms with E-state index < -0.39 is 23.7 Å². The number of hydrogen-bond acceptors (Lipinski definition) is 7. The van der Waals surface area contributed by atoms with Gasteiger partial charge >= 0.3 is 11.9 Å². The number of rotatable bonds is 10. The van der Waals surface area contributed by atoms with Gasteiger partial charge in [0.25, 0.3) is 0 Å². The van der Waals surface area contributed by atoms with E-state index in [1.165, 1.54) is 36.7 Å². The Balaban J connectivity index is 2.20. The lowest BCUT2D eigenvalue weighted by Gasteiger charge is -2.12. The monoisotopic (exact) mass is 447 g/mol. The molecule has 0 saturated carbocycles. The lowest BCUT2D eigenvalue weighted by atomic mass is 10.1. The summed E-state index contributed by atoms with van der Waals surface area (Å²) in [5, 5.41) is 5.59. The number of anilines is 1. The Kier molecular flexibility index (Phi) is 9.51. The Labute approximate surface area is 184 Å². The normalized spacial score (nSPS) is 12.3. The number of carbonyl (C=O) groups is 2. The molecule has 0 amide bonds. The number of esters is 2. The molecular formula is C22H23ClFN3O4. The van der Waals surface area contributed by atoms with Crippen LogP contribution in [0.1, 0.15) is 25.5 Å². The third-order valence-corrected chi connectivity index (χ3v) is 4.16. The first-order valence-corrected chi connectivity index (χ1v) is 9.93. The van der Waals surface area contributed by atoms with E-state index in [2.05, 4.69) is 15.6 Å². The quantitative estimate of drug-likeness (QED) is 0.418. The van der Waals surface area contributed by atoms with E-state index in [1.54, 1.807) is 38.2 Å². The van der Waals surface area contributed by atoms with Crippen LogP contribution in [0.15, 0.2) is 66.8 Å². The van der Waals surface area contributed by atoms with E-state index in [9.17, 15) is 14.0 Å². The van der Waals surface area contributed by atoms with Gasteiger partial charge < -0.3 is 20.1 Å². The van der Waals surface area contributed by atoms with Crippen LogP contribution >= 0.6 is 11.6 Å². The van der Waals surface area contributed by atoms with Crippen LogP contribution < -0.4 is 10.6 Å². The Hall–Kier alpha value is -3.39. The molecule has 31 heavy (non-hydrogen) atoms. The van der Waals surface area contributed by atoms with Gasteiger partial charge in [-0.15, -0.1) is 0 Å². The van der Waals surface area contributed by atoms with Crippen LogP contribution in [0.4, 0.5) is 10.1 Å². The minimum Gasteiger partial charge on any atom is -0.465 e. The van der Waals surface area contributed by atoms with Crippen LogP contribution in [-0.4, -0.2) is 30.1 Å². The molecule has 1 atom stereocenters. The smallest absolute Gasteiger partial charge is 0.356 e. The maximum absolute atomic E-state index is 13.3. The third kappa shape index (κ3) is 7.42. The summed E-state index contributed by atoms with van der Waals surface area (Å²) in [6, 6.07) is 9.25. The van der Waals surface area contributed by atoms with Crippen LogP contribution in [0.3, 0.4) is 0 Å². The van der Waals surface area contributed by atoms with Crippen LogP contribution in [0.2, 0.25) is 5.02 Å². The van der Waals surface area contributed by atoms with Crippen molar-refractivity contribution in [3.63, 3.8) is 0 Å². The van der Waals surface area contributed by atoms with Crippen molar-refractivity contribution in [2.75, 3.05) is 18.5 Å². The van der Waals surface area contributed by atoms with Crippen molar-refractivity contribution in [2.24, 2.45) is 0 Å². The summed E-state index contributed by atoms with van der Waals surface area (Å²) < 4.78 is 23.5. The maximum Gasteiger partial charge on any atom is 0.356 e. The summed E-state index contributed by atoms with van der Waals surface area (Å²) >= 11 is 5.77. The SMILES string of the molecule is CCOC(=O)/C(=C\Nc1ccc(F)c(Cl)c1)N/C=C/C(C(=O)OCC)c1ccccn1. The van der Waals surface area contributed by atoms with Crippen molar-refractivity contribution in [1.82, 2.24) is 10.3 Å². The topological polar surface area (TPSA) is 89.6 Å². The molecule has 2 N–H and O–H groups in total. The van der Waals surface area contributed by atoms with Gasteiger partial charge in [0, 0.05) is 18.1 Å². The molecule has 0 bridgehead atoms. The van der Waals surface area contributed by atoms with Crippen LogP contribution in [0, 0.1) is 5.82 Å². The molecule has 1 aromatic carbocycles. The van der Waals surface area contributed by atoms with Gasteiger partial charge in [0.05, 0.1) is 23.9 Å². The molecule has 0 radical (unpaired) electrons. The maximum atomic E-state index is 13.3. The molecule has 0 spiro atoms. The zero-order valence-electron chi connectivity index (χ0n) is 17.1. The summed E-state index contributed by atoms with van der Waals surface area (Å²) in [5.74, 6) is -2.42. The van der Waals surface area contributed by atoms with Crippen LogP contribution in [-0.2, 0) is 19.1 Å². The zero-order chi connectivity index (χ0) is 22.6. The molecule has 7 nitrogen and oxygen atoms in total. The number of pyridine rings is 1. The van der Waals surface area contributed by atoms with E-state index in [-0.39, 0.29) is 23.9 Å². The van der Waals surface area contributed by atoms with Gasteiger partial charge in [0.1, 0.15) is 17.4 Å². The van der Waals surface area contributed by atoms with Crippen molar-refractivity contribution in [2.45, 2.75) is 19.8 Å². The second-order valence-corrected chi connectivity index (χ2v) is 6.45. The third-order valence-electron chi connectivity index (χ3n) is 3.87. The highest BCUT2D eigenvalue weighted by Crippen LogP contribution is 2.20. The van der Waals surface area contributed by atoms with Crippen molar-refractivity contribution >= 4 is 29.2 Å². The average Bonchev–Trinajstić information content (AvgIpc) is 2.76. The van der Waals surface area contributed by atoms with Crippen LogP contribution in [0.25, 0.3) is 0 Å². The first-order valence-electron chi connectivity index (χ1n) is 9.55. The van der Waals surface area contributed by atoms with Gasteiger partial charge in [-0.1, -0.05) is 17.7 Å². The molecule has 164 valence electrons. The second-order valence-electron chi connectivity index (χ2n) is 6.04. The molecule has 9 heteroatoms. The average molecular weight is 448 g/mol. The number of ether oxygens (including phenoxy) is 2. The summed E-state index contributed by atoms with van der Waals surface area (Å²) in [6.45, 7) is 3.78. The molecule has 0 aliphatic heterocycles. The molecule has 0 aliphatic carbocycles. The minimum atomic E-state index is -0.763. The fraction of sp³-hybridized carbons (Fsp3) is 0.227. The number of nitrogens with one attached hydrogen (secondary N) is 2. The van der Waals surface area contributed by atoms with E-state index in [0.29, 0.717) is 11.4 Å². The van der Waals surface area contributed by atoms with Gasteiger partial charge in [-0.2, -0.15) is 0 Å². The Morgan fingerprint density at radius 2 is 1.97 bits per heavy atom. The van der Waals surface area contributed by atoms with Gasteiger partial charge in [-0.25, -0.2) is 9.18 Å². The van der Waals surface area contributed by atoms with Crippen molar-refractivity contribution in [1.29, 1.82) is 0 Å². The Morgan fingerprint density at radius 3 is 2.61 bits per heavy atom. The summed E-state index contributed by atoms with van der Waals surface area (Å²) in [4.78, 5) is 28.8. The van der Waals surface area contributed by atoms with Gasteiger partial charge in [0.15, 0.2) is 0 Å². The molecule has 0 aliphatic rings. The minimum absolute atomic E-state index is 0.0576. The van der Waals surface area contributed by atoms with Gasteiger partial charge in [-0.3, -0.25) is 9.78 Å². The predicted octanol–water partition coefficient (Wildman–Crippen LogP) is 4.14. The Bertz CT molecular complexity index is 951. The van der Waals surface area contributed by atoms with Crippen LogP contribution in [0.5, 0.6) is 0 Å². The van der Waals surface area contributed by atoms with E-state index in [0.717, 1.165) is 0 Å². The largest absolute Gasteiger partial charge is 0.465 e. The number of carbonyl (C=O) groups excluding carboxylic acids is 2. The molecule has 0 fully saturated rings. The van der Waals surface area contributed by atoms with Crippen molar-refractivity contribution in [3.8, 4) is 0 Å². The molecular weight excluding hydrogens is 425 g/mol. The second kappa shape index (κ2) is 12.3. The highest BCUT2D eigenvalue weighted by atomic mass is 35.5. The highest BCUT2D eigenvalue weighted by Gasteiger charge is 2.20. The first-order chi connectivity index (χ1) is 15.0. The summed E-state index contributed by atoms with van der Waals surface area (Å²) in [5.41, 5.74) is 1.03. The lowest BCUT2D eigenvalue weighted by molar-refractivity contribution is -0.143. The summed E-state index contributed by atoms with van der Waals surface area (Å²) in [7, 11) is 0. The predicted molar refractivity (Wildman–Crippen MR) is 116 cm³/mol. The highest BCUT2D eigenvalue weighted by molar-refractivity contribution is 6.31.